The molecule has 0 aromatic carbocycles. The number of aromatic nitrogens is 4. The monoisotopic (exact) mass is 285 g/mol. The number of rotatable bonds is 4. The molecule has 2 rings (SSSR count). The molecule has 2 aromatic heterocycles. The number of alkyl halides is 3. The Labute approximate surface area is 113 Å². The summed E-state index contributed by atoms with van der Waals surface area (Å²) in [7, 11) is 0. The van der Waals surface area contributed by atoms with Crippen molar-refractivity contribution in [2.75, 3.05) is 11.9 Å². The van der Waals surface area contributed by atoms with Gasteiger partial charge in [0.05, 0.1) is 5.69 Å². The second kappa shape index (κ2) is 5.48. The quantitative estimate of drug-likeness (QED) is 0.938. The lowest BCUT2D eigenvalue weighted by Gasteiger charge is -2.11. The van der Waals surface area contributed by atoms with Gasteiger partial charge in [0.15, 0.2) is 11.5 Å². The van der Waals surface area contributed by atoms with E-state index in [0.717, 1.165) is 12.5 Å². The maximum atomic E-state index is 12.8. The summed E-state index contributed by atoms with van der Waals surface area (Å²) in [5.41, 5.74) is -0.297. The molecule has 0 aliphatic carbocycles. The van der Waals surface area contributed by atoms with Gasteiger partial charge in [0.2, 0.25) is 5.95 Å². The largest absolute Gasteiger partial charge is 0.433 e. The Morgan fingerprint density at radius 3 is 2.60 bits per heavy atom. The summed E-state index contributed by atoms with van der Waals surface area (Å²) in [6.45, 7) is 4.15. The molecule has 20 heavy (non-hydrogen) atoms. The predicted octanol–water partition coefficient (Wildman–Crippen LogP) is 2.81. The SMILES string of the molecule is CCCNc1nc(-n2ccc(C)n2)cc(C(F)(F)F)n1. The van der Waals surface area contributed by atoms with Crippen LogP contribution in [-0.4, -0.2) is 26.3 Å². The molecule has 0 bridgehead atoms. The molecular formula is C12H14F3N5. The zero-order chi connectivity index (χ0) is 14.8. The topological polar surface area (TPSA) is 55.6 Å². The lowest BCUT2D eigenvalue weighted by molar-refractivity contribution is -0.141. The Balaban J connectivity index is 2.45. The third-order valence-corrected chi connectivity index (χ3v) is 2.49. The normalized spacial score (nSPS) is 11.7. The van der Waals surface area contributed by atoms with Crippen LogP contribution in [0.1, 0.15) is 24.7 Å². The predicted molar refractivity (Wildman–Crippen MR) is 67.7 cm³/mol. The standard InChI is InChI=1S/C12H14F3N5/c1-3-5-16-11-17-9(12(13,14)15)7-10(18-11)20-6-4-8(2)19-20/h4,6-7H,3,5H2,1-2H3,(H,16,17,18). The lowest BCUT2D eigenvalue weighted by atomic mass is 10.4. The molecule has 0 fully saturated rings. The highest BCUT2D eigenvalue weighted by atomic mass is 19.4. The minimum Gasteiger partial charge on any atom is -0.354 e. The first-order valence-electron chi connectivity index (χ1n) is 6.13. The first kappa shape index (κ1) is 14.3. The van der Waals surface area contributed by atoms with E-state index in [2.05, 4.69) is 20.4 Å². The van der Waals surface area contributed by atoms with Crippen LogP contribution >= 0.6 is 0 Å². The van der Waals surface area contributed by atoms with Crippen molar-refractivity contribution < 1.29 is 13.2 Å². The number of anilines is 1. The van der Waals surface area contributed by atoms with Crippen molar-refractivity contribution in [3.63, 3.8) is 0 Å². The van der Waals surface area contributed by atoms with Crippen molar-refractivity contribution in [2.24, 2.45) is 0 Å². The van der Waals surface area contributed by atoms with Crippen molar-refractivity contribution in [1.29, 1.82) is 0 Å². The minimum atomic E-state index is -4.53. The average molecular weight is 285 g/mol. The van der Waals surface area contributed by atoms with Gasteiger partial charge in [-0.15, -0.1) is 0 Å². The van der Waals surface area contributed by atoms with Crippen molar-refractivity contribution in [1.82, 2.24) is 19.7 Å². The van der Waals surface area contributed by atoms with Crippen LogP contribution in [0.2, 0.25) is 0 Å². The van der Waals surface area contributed by atoms with Crippen LogP contribution in [0.15, 0.2) is 18.3 Å². The molecule has 0 aliphatic rings. The number of hydrogen-bond acceptors (Lipinski definition) is 4. The van der Waals surface area contributed by atoms with Crippen LogP contribution in [-0.2, 0) is 6.18 Å². The van der Waals surface area contributed by atoms with Gasteiger partial charge in [-0.2, -0.15) is 23.3 Å². The van der Waals surface area contributed by atoms with Crippen molar-refractivity contribution in [3.05, 3.63) is 29.7 Å². The molecule has 0 unspecified atom stereocenters. The summed E-state index contributed by atoms with van der Waals surface area (Å²) >= 11 is 0. The van der Waals surface area contributed by atoms with E-state index in [1.807, 2.05) is 6.92 Å². The first-order chi connectivity index (χ1) is 9.40. The number of aryl methyl sites for hydroxylation is 1. The van der Waals surface area contributed by atoms with Gasteiger partial charge in [-0.3, -0.25) is 0 Å². The minimum absolute atomic E-state index is 0.0511. The highest BCUT2D eigenvalue weighted by Crippen LogP contribution is 2.29. The van der Waals surface area contributed by atoms with Gasteiger partial charge in [-0.25, -0.2) is 9.67 Å². The number of nitrogens with zero attached hydrogens (tertiary/aromatic N) is 4. The second-order valence-corrected chi connectivity index (χ2v) is 4.26. The van der Waals surface area contributed by atoms with E-state index >= 15 is 0 Å². The van der Waals surface area contributed by atoms with Gasteiger partial charge in [-0.05, 0) is 19.4 Å². The molecule has 5 nitrogen and oxygen atoms in total. The van der Waals surface area contributed by atoms with E-state index in [4.69, 9.17) is 0 Å². The molecule has 0 spiro atoms. The Hall–Kier alpha value is -2.12. The zero-order valence-electron chi connectivity index (χ0n) is 11.1. The second-order valence-electron chi connectivity index (χ2n) is 4.26. The van der Waals surface area contributed by atoms with Crippen LogP contribution in [0.4, 0.5) is 19.1 Å². The molecule has 0 aliphatic heterocycles. The van der Waals surface area contributed by atoms with Crippen LogP contribution in [0.5, 0.6) is 0 Å². The molecule has 8 heteroatoms. The fourth-order valence-electron chi connectivity index (χ4n) is 1.56. The molecule has 0 saturated heterocycles. The van der Waals surface area contributed by atoms with Gasteiger partial charge in [-0.1, -0.05) is 6.92 Å². The molecule has 0 amide bonds. The number of halogens is 3. The smallest absolute Gasteiger partial charge is 0.354 e. The maximum Gasteiger partial charge on any atom is 0.433 e. The summed E-state index contributed by atoms with van der Waals surface area (Å²) in [6, 6.07) is 2.57. The van der Waals surface area contributed by atoms with Gasteiger partial charge in [0.25, 0.3) is 0 Å². The Kier molecular flexibility index (Phi) is 3.91. The van der Waals surface area contributed by atoms with E-state index in [1.165, 1.54) is 4.68 Å². The lowest BCUT2D eigenvalue weighted by Crippen LogP contribution is -2.15. The third-order valence-electron chi connectivity index (χ3n) is 2.49. The molecule has 0 atom stereocenters. The van der Waals surface area contributed by atoms with E-state index < -0.39 is 11.9 Å². The van der Waals surface area contributed by atoms with Crippen LogP contribution in [0.3, 0.4) is 0 Å². The molecule has 2 aromatic rings. The van der Waals surface area contributed by atoms with Gasteiger partial charge >= 0.3 is 6.18 Å². The summed E-state index contributed by atoms with van der Waals surface area (Å²) in [6.07, 6.45) is -2.21. The van der Waals surface area contributed by atoms with Crippen LogP contribution in [0.25, 0.3) is 5.82 Å². The Bertz CT molecular complexity index is 591. The van der Waals surface area contributed by atoms with Crippen LogP contribution in [0, 0.1) is 6.92 Å². The first-order valence-corrected chi connectivity index (χ1v) is 6.13. The molecule has 2 heterocycles. The van der Waals surface area contributed by atoms with Crippen molar-refractivity contribution in [2.45, 2.75) is 26.4 Å². The Morgan fingerprint density at radius 2 is 2.05 bits per heavy atom. The fourth-order valence-corrected chi connectivity index (χ4v) is 1.56. The van der Waals surface area contributed by atoms with Gasteiger partial charge in [0.1, 0.15) is 0 Å². The van der Waals surface area contributed by atoms with Gasteiger partial charge in [0, 0.05) is 18.8 Å². The van der Waals surface area contributed by atoms with E-state index in [1.54, 1.807) is 19.2 Å². The fraction of sp³-hybridized carbons (Fsp3) is 0.417. The van der Waals surface area contributed by atoms with Crippen molar-refractivity contribution in [3.8, 4) is 5.82 Å². The summed E-state index contributed by atoms with van der Waals surface area (Å²) < 4.78 is 39.8. The number of hydrogen-bond donors (Lipinski definition) is 1. The molecular weight excluding hydrogens is 271 g/mol. The molecule has 108 valence electrons. The Morgan fingerprint density at radius 1 is 1.30 bits per heavy atom. The average Bonchev–Trinajstić information content (AvgIpc) is 2.82. The van der Waals surface area contributed by atoms with Crippen LogP contribution < -0.4 is 5.32 Å². The summed E-state index contributed by atoms with van der Waals surface area (Å²) in [4.78, 5) is 7.53. The summed E-state index contributed by atoms with van der Waals surface area (Å²) in [5.74, 6) is 0.0313. The zero-order valence-corrected chi connectivity index (χ0v) is 11.1. The molecule has 1 N–H and O–H groups in total. The molecule has 0 radical (unpaired) electrons. The number of nitrogens with one attached hydrogen (secondary N) is 1. The van der Waals surface area contributed by atoms with Crippen molar-refractivity contribution >= 4 is 5.95 Å². The van der Waals surface area contributed by atoms with Gasteiger partial charge < -0.3 is 5.32 Å². The maximum absolute atomic E-state index is 12.8. The third kappa shape index (κ3) is 3.25. The highest BCUT2D eigenvalue weighted by Gasteiger charge is 2.34. The highest BCUT2D eigenvalue weighted by molar-refractivity contribution is 5.35. The summed E-state index contributed by atoms with van der Waals surface area (Å²) in [5, 5.41) is 6.82. The van der Waals surface area contributed by atoms with E-state index in [-0.39, 0.29) is 11.8 Å². The molecule has 0 saturated carbocycles. The van der Waals surface area contributed by atoms with E-state index in [9.17, 15) is 13.2 Å². The van der Waals surface area contributed by atoms with E-state index in [0.29, 0.717) is 12.2 Å².